The molecular weight excluding hydrogens is 166 g/mol. The molecule has 74 valence electrons. The smallest absolute Gasteiger partial charge is 0.186 e. The minimum Gasteiger partial charge on any atom is -0.420 e. The maximum absolute atomic E-state index is 5.46. The highest BCUT2D eigenvalue weighted by atomic mass is 28.4. The molecule has 2 N–H and O–H groups in total. The van der Waals surface area contributed by atoms with E-state index in [1.807, 2.05) is 7.11 Å². The van der Waals surface area contributed by atoms with Crippen LogP contribution in [0, 0.1) is 0 Å². The monoisotopic (exact) mass is 189 g/mol. The quantitative estimate of drug-likeness (QED) is 0.493. The predicted octanol–water partition coefficient (Wildman–Crippen LogP) is 2.36. The Kier molecular flexibility index (Phi) is 6.71. The van der Waals surface area contributed by atoms with Gasteiger partial charge in [0, 0.05) is 7.11 Å². The molecule has 12 heavy (non-hydrogen) atoms. The van der Waals surface area contributed by atoms with Gasteiger partial charge in [0.2, 0.25) is 0 Å². The summed E-state index contributed by atoms with van der Waals surface area (Å²) in [5, 5.41) is 0. The topological polar surface area (TPSA) is 35.2 Å². The highest BCUT2D eigenvalue weighted by Crippen LogP contribution is 2.15. The lowest BCUT2D eigenvalue weighted by Gasteiger charge is -2.19. The highest BCUT2D eigenvalue weighted by molar-refractivity contribution is 6.71. The van der Waals surface area contributed by atoms with Crippen molar-refractivity contribution in [3.05, 3.63) is 0 Å². The van der Waals surface area contributed by atoms with Gasteiger partial charge in [0.1, 0.15) is 0 Å². The Morgan fingerprint density at radius 3 is 2.17 bits per heavy atom. The fraction of sp³-hybridized carbons (Fsp3) is 1.00. The predicted molar refractivity (Wildman–Crippen MR) is 56.8 cm³/mol. The SMILES string of the molecule is CO[Si](C)(C)CCCCCCN. The molecule has 0 rings (SSSR count). The molecule has 0 amide bonds. The lowest BCUT2D eigenvalue weighted by Crippen LogP contribution is -2.27. The average molecular weight is 189 g/mol. The standard InChI is InChI=1S/C9H23NOSi/c1-11-12(2,3)9-7-5-4-6-8-10/h4-10H2,1-3H3. The molecule has 0 aromatic carbocycles. The van der Waals surface area contributed by atoms with Crippen LogP contribution >= 0.6 is 0 Å². The molecule has 0 bridgehead atoms. The molecule has 3 heteroatoms. The zero-order valence-electron chi connectivity index (χ0n) is 8.73. The summed E-state index contributed by atoms with van der Waals surface area (Å²) in [4.78, 5) is 0. The molecule has 0 radical (unpaired) electrons. The minimum atomic E-state index is -1.27. The third kappa shape index (κ3) is 6.82. The number of rotatable bonds is 7. The van der Waals surface area contributed by atoms with E-state index in [2.05, 4.69) is 13.1 Å². The summed E-state index contributed by atoms with van der Waals surface area (Å²) in [6.07, 6.45) is 5.09. The summed E-state index contributed by atoms with van der Waals surface area (Å²) >= 11 is 0. The molecule has 0 unspecified atom stereocenters. The van der Waals surface area contributed by atoms with E-state index in [1.54, 1.807) is 0 Å². The summed E-state index contributed by atoms with van der Waals surface area (Å²) in [6.45, 7) is 5.39. The van der Waals surface area contributed by atoms with Crippen molar-refractivity contribution in [3.63, 3.8) is 0 Å². The van der Waals surface area contributed by atoms with Crippen LogP contribution in [0.4, 0.5) is 0 Å². The second kappa shape index (κ2) is 6.63. The van der Waals surface area contributed by atoms with Crippen LogP contribution in [0.1, 0.15) is 25.7 Å². The van der Waals surface area contributed by atoms with E-state index in [0.29, 0.717) is 0 Å². The van der Waals surface area contributed by atoms with Crippen LogP contribution in [0.3, 0.4) is 0 Å². The van der Waals surface area contributed by atoms with Gasteiger partial charge in [-0.3, -0.25) is 0 Å². The summed E-state index contributed by atoms with van der Waals surface area (Å²) < 4.78 is 5.46. The van der Waals surface area contributed by atoms with E-state index in [1.165, 1.54) is 31.7 Å². The van der Waals surface area contributed by atoms with Crippen molar-refractivity contribution in [2.75, 3.05) is 13.7 Å². The van der Waals surface area contributed by atoms with Crippen LogP contribution in [0.25, 0.3) is 0 Å². The Bertz CT molecular complexity index is 107. The first-order chi connectivity index (χ1) is 5.62. The molecule has 0 aliphatic heterocycles. The molecule has 0 spiro atoms. The van der Waals surface area contributed by atoms with E-state index in [4.69, 9.17) is 10.2 Å². The minimum absolute atomic E-state index is 0.838. The Balaban J connectivity index is 3.19. The Labute approximate surface area is 77.6 Å². The lowest BCUT2D eigenvalue weighted by molar-refractivity contribution is 0.401. The van der Waals surface area contributed by atoms with E-state index >= 15 is 0 Å². The second-order valence-corrected chi connectivity index (χ2v) is 8.34. The largest absolute Gasteiger partial charge is 0.420 e. The molecule has 0 saturated carbocycles. The Morgan fingerprint density at radius 1 is 1.08 bits per heavy atom. The third-order valence-electron chi connectivity index (χ3n) is 2.29. The van der Waals surface area contributed by atoms with Gasteiger partial charge in [-0.05, 0) is 32.1 Å². The first-order valence-electron chi connectivity index (χ1n) is 4.87. The number of nitrogens with two attached hydrogens (primary N) is 1. The van der Waals surface area contributed by atoms with E-state index in [0.717, 1.165) is 6.54 Å². The normalized spacial score (nSPS) is 12.0. The molecule has 0 saturated heterocycles. The summed E-state index contributed by atoms with van der Waals surface area (Å²) in [6, 6.07) is 1.29. The average Bonchev–Trinajstić information content (AvgIpc) is 2.04. The van der Waals surface area contributed by atoms with Crippen LogP contribution in [0.15, 0.2) is 0 Å². The van der Waals surface area contributed by atoms with Gasteiger partial charge in [-0.15, -0.1) is 0 Å². The maximum atomic E-state index is 5.46. The van der Waals surface area contributed by atoms with Crippen molar-refractivity contribution in [2.45, 2.75) is 44.8 Å². The van der Waals surface area contributed by atoms with E-state index in [-0.39, 0.29) is 0 Å². The van der Waals surface area contributed by atoms with Crippen molar-refractivity contribution in [1.82, 2.24) is 0 Å². The zero-order chi connectivity index (χ0) is 9.45. The van der Waals surface area contributed by atoms with Gasteiger partial charge in [0.15, 0.2) is 8.32 Å². The fourth-order valence-corrected chi connectivity index (χ4v) is 2.46. The lowest BCUT2D eigenvalue weighted by atomic mass is 10.2. The molecule has 0 aromatic rings. The summed E-state index contributed by atoms with van der Waals surface area (Å²) in [5.41, 5.74) is 5.41. The zero-order valence-corrected chi connectivity index (χ0v) is 9.73. The molecule has 0 aliphatic rings. The first kappa shape index (κ1) is 12.1. The molecule has 0 fully saturated rings. The van der Waals surface area contributed by atoms with Crippen molar-refractivity contribution in [3.8, 4) is 0 Å². The molecule has 0 aromatic heterocycles. The molecule has 2 nitrogen and oxygen atoms in total. The summed E-state index contributed by atoms with van der Waals surface area (Å²) in [7, 11) is 0.571. The van der Waals surface area contributed by atoms with Gasteiger partial charge < -0.3 is 10.2 Å². The second-order valence-electron chi connectivity index (χ2n) is 3.92. The first-order valence-corrected chi connectivity index (χ1v) is 7.99. The number of unbranched alkanes of at least 4 members (excludes halogenated alkanes) is 3. The van der Waals surface area contributed by atoms with Crippen LogP contribution in [0.2, 0.25) is 19.1 Å². The van der Waals surface area contributed by atoms with Gasteiger partial charge in [-0.1, -0.05) is 19.3 Å². The van der Waals surface area contributed by atoms with E-state index in [9.17, 15) is 0 Å². The van der Waals surface area contributed by atoms with Crippen molar-refractivity contribution >= 4 is 8.32 Å². The third-order valence-corrected chi connectivity index (χ3v) is 4.95. The van der Waals surface area contributed by atoms with Gasteiger partial charge in [-0.2, -0.15) is 0 Å². The van der Waals surface area contributed by atoms with Crippen LogP contribution in [-0.2, 0) is 4.43 Å². The molecule has 0 heterocycles. The fourth-order valence-electron chi connectivity index (χ4n) is 1.15. The van der Waals surface area contributed by atoms with Crippen LogP contribution in [-0.4, -0.2) is 22.0 Å². The Morgan fingerprint density at radius 2 is 1.67 bits per heavy atom. The van der Waals surface area contributed by atoms with Crippen LogP contribution < -0.4 is 5.73 Å². The maximum Gasteiger partial charge on any atom is 0.186 e. The van der Waals surface area contributed by atoms with Gasteiger partial charge in [-0.25, -0.2) is 0 Å². The van der Waals surface area contributed by atoms with Crippen molar-refractivity contribution < 1.29 is 4.43 Å². The van der Waals surface area contributed by atoms with E-state index < -0.39 is 8.32 Å². The molecule has 0 aliphatic carbocycles. The van der Waals surface area contributed by atoms with Gasteiger partial charge in [0.05, 0.1) is 0 Å². The summed E-state index contributed by atoms with van der Waals surface area (Å²) in [5.74, 6) is 0. The van der Waals surface area contributed by atoms with Crippen molar-refractivity contribution in [2.24, 2.45) is 5.73 Å². The molecule has 0 atom stereocenters. The number of hydrogen-bond acceptors (Lipinski definition) is 2. The Hall–Kier alpha value is 0.137. The van der Waals surface area contributed by atoms with Gasteiger partial charge in [0.25, 0.3) is 0 Å². The highest BCUT2D eigenvalue weighted by Gasteiger charge is 2.18. The van der Waals surface area contributed by atoms with Crippen LogP contribution in [0.5, 0.6) is 0 Å². The van der Waals surface area contributed by atoms with Crippen molar-refractivity contribution in [1.29, 1.82) is 0 Å². The molecular formula is C9H23NOSi. The number of hydrogen-bond donors (Lipinski definition) is 1. The van der Waals surface area contributed by atoms with Gasteiger partial charge >= 0.3 is 0 Å².